The number of rotatable bonds is 12. The van der Waals surface area contributed by atoms with Crippen molar-refractivity contribution in [3.05, 3.63) is 60.2 Å². The van der Waals surface area contributed by atoms with Crippen LogP contribution < -0.4 is 0 Å². The Morgan fingerprint density at radius 2 is 0.867 bits per heavy atom. The second-order valence-corrected chi connectivity index (χ2v) is 10.1. The summed E-state index contributed by atoms with van der Waals surface area (Å²) in [6.45, 7) is -7.45. The molecule has 0 aliphatic rings. The van der Waals surface area contributed by atoms with Gasteiger partial charge in [-0.3, -0.25) is 0 Å². The van der Waals surface area contributed by atoms with Crippen LogP contribution >= 0.6 is 0 Å². The van der Waals surface area contributed by atoms with E-state index in [9.17, 15) is 70.2 Å². The highest BCUT2D eigenvalue weighted by molar-refractivity contribution is 6.23. The van der Waals surface area contributed by atoms with Gasteiger partial charge in [-0.25, -0.2) is 0 Å². The predicted octanol–water partition coefficient (Wildman–Crippen LogP) is 9.18. The summed E-state index contributed by atoms with van der Waals surface area (Å²) in [7, 11) is 0. The van der Waals surface area contributed by atoms with Crippen LogP contribution in [0.3, 0.4) is 0 Å². The van der Waals surface area contributed by atoms with Crippen LogP contribution in [-0.2, 0) is 11.3 Å². The summed E-state index contributed by atoms with van der Waals surface area (Å²) in [6.07, 6.45) is 0. The normalized spacial score (nSPS) is 15.1. The van der Waals surface area contributed by atoms with Crippen molar-refractivity contribution in [3.8, 4) is 0 Å². The zero-order chi connectivity index (χ0) is 34.2. The molecule has 0 fully saturated rings. The molecule has 248 valence electrons. The summed E-state index contributed by atoms with van der Waals surface area (Å²) in [6, 6.07) is 14.3. The van der Waals surface area contributed by atoms with Gasteiger partial charge in [0.25, 0.3) is 0 Å². The van der Waals surface area contributed by atoms with Crippen molar-refractivity contribution in [2.24, 2.45) is 0 Å². The number of alkyl halides is 16. The van der Waals surface area contributed by atoms with Crippen molar-refractivity contribution in [3.63, 3.8) is 0 Å². The summed E-state index contributed by atoms with van der Waals surface area (Å²) < 4.78 is 226. The Balaban J connectivity index is 1.62. The molecule has 0 saturated heterocycles. The van der Waals surface area contributed by atoms with E-state index in [0.717, 1.165) is 10.8 Å². The Labute approximate surface area is 240 Å². The molecule has 0 atom stereocenters. The van der Waals surface area contributed by atoms with Crippen LogP contribution in [0.1, 0.15) is 5.56 Å². The first-order chi connectivity index (χ1) is 20.3. The topological polar surface area (TPSA) is 29.5 Å². The highest BCUT2D eigenvalue weighted by atomic mass is 19.4. The summed E-state index contributed by atoms with van der Waals surface area (Å²) >= 11 is 0. The molecule has 0 amide bonds. The van der Waals surface area contributed by atoms with Gasteiger partial charge in [0, 0.05) is 0 Å². The first-order valence-electron chi connectivity index (χ1n) is 12.2. The molecule has 0 aliphatic heterocycles. The Bertz CT molecular complexity index is 1680. The molecule has 45 heavy (non-hydrogen) atoms. The van der Waals surface area contributed by atoms with Crippen molar-refractivity contribution in [2.45, 2.75) is 54.0 Å². The fourth-order valence-corrected chi connectivity index (χ4v) is 4.65. The first-order valence-corrected chi connectivity index (χ1v) is 12.2. The number of aliphatic hydroxyl groups is 1. The van der Waals surface area contributed by atoms with E-state index < -0.39 is 67.2 Å². The molecule has 0 unspecified atom stereocenters. The third-order valence-corrected chi connectivity index (χ3v) is 7.25. The molecular weight excluding hydrogens is 660 g/mol. The minimum absolute atomic E-state index is 0.0322. The smallest absolute Gasteiger partial charge is 0.385 e. The van der Waals surface area contributed by atoms with E-state index in [4.69, 9.17) is 5.11 Å². The van der Waals surface area contributed by atoms with Crippen LogP contribution in [0.25, 0.3) is 32.3 Å². The van der Waals surface area contributed by atoms with Crippen LogP contribution in [0.5, 0.6) is 0 Å². The molecule has 0 spiro atoms. The highest BCUT2D eigenvalue weighted by Crippen LogP contribution is 2.63. The molecule has 18 heteroatoms. The average Bonchev–Trinajstić information content (AvgIpc) is 2.95. The monoisotopic (exact) mass is 676 g/mol. The average molecular weight is 676 g/mol. The van der Waals surface area contributed by atoms with Crippen LogP contribution in [0.15, 0.2) is 54.6 Å². The lowest BCUT2D eigenvalue weighted by Crippen LogP contribution is -2.75. The summed E-state index contributed by atoms with van der Waals surface area (Å²) in [5.74, 6) is -62.5. The number of aliphatic hydroxyl groups excluding tert-OH is 1. The zero-order valence-electron chi connectivity index (χ0n) is 21.7. The van der Waals surface area contributed by atoms with Gasteiger partial charge >= 0.3 is 47.4 Å². The molecule has 1 N–H and O–H groups in total. The van der Waals surface area contributed by atoms with Crippen molar-refractivity contribution in [1.82, 2.24) is 0 Å². The van der Waals surface area contributed by atoms with Gasteiger partial charge in [-0.1, -0.05) is 54.6 Å². The van der Waals surface area contributed by atoms with Gasteiger partial charge in [-0.2, -0.15) is 70.2 Å². The van der Waals surface area contributed by atoms with E-state index in [1.807, 2.05) is 0 Å². The lowest BCUT2D eigenvalue weighted by molar-refractivity contribution is -0.455. The SMILES string of the molecule is OCC(F)(F)C(F)(F)C(F)(F)C(F)(F)C(F)(F)C(F)(F)C(F)(F)C(F)(F)COCc1ccc2ccc3cccc4ccc1c2c34. The molecule has 2 nitrogen and oxygen atoms in total. The summed E-state index contributed by atoms with van der Waals surface area (Å²) in [5, 5.41) is 11.6. The second-order valence-electron chi connectivity index (χ2n) is 10.1. The van der Waals surface area contributed by atoms with Gasteiger partial charge < -0.3 is 9.84 Å². The molecule has 4 aromatic rings. The van der Waals surface area contributed by atoms with Gasteiger partial charge in [-0.15, -0.1) is 0 Å². The Morgan fingerprint density at radius 3 is 1.36 bits per heavy atom. The van der Waals surface area contributed by atoms with Crippen molar-refractivity contribution in [1.29, 1.82) is 0 Å². The third-order valence-electron chi connectivity index (χ3n) is 7.25. The fourth-order valence-electron chi connectivity index (χ4n) is 4.65. The number of benzene rings is 4. The molecule has 0 aromatic heterocycles. The second kappa shape index (κ2) is 10.4. The minimum Gasteiger partial charge on any atom is -0.390 e. The van der Waals surface area contributed by atoms with Crippen LogP contribution in [0.2, 0.25) is 0 Å². The summed E-state index contributed by atoms with van der Waals surface area (Å²) in [4.78, 5) is 0. The number of halogens is 16. The lowest BCUT2D eigenvalue weighted by atomic mass is 9.88. The minimum atomic E-state index is -8.53. The third kappa shape index (κ3) is 4.64. The highest BCUT2D eigenvalue weighted by Gasteiger charge is 2.94. The van der Waals surface area contributed by atoms with Gasteiger partial charge in [0.05, 0.1) is 6.61 Å². The van der Waals surface area contributed by atoms with Crippen molar-refractivity contribution >= 4 is 32.3 Å². The number of ether oxygens (including phenoxy) is 1. The van der Waals surface area contributed by atoms with E-state index >= 15 is 0 Å². The van der Waals surface area contributed by atoms with Crippen molar-refractivity contribution < 1.29 is 80.1 Å². The predicted molar refractivity (Wildman–Crippen MR) is 126 cm³/mol. The van der Waals surface area contributed by atoms with Crippen LogP contribution in [-0.4, -0.2) is 65.7 Å². The summed E-state index contributed by atoms with van der Waals surface area (Å²) in [5.41, 5.74) is -0.0322. The maximum absolute atomic E-state index is 14.3. The molecule has 0 heterocycles. The Morgan fingerprint density at radius 1 is 0.467 bits per heavy atom. The van der Waals surface area contributed by atoms with E-state index in [2.05, 4.69) is 4.74 Å². The van der Waals surface area contributed by atoms with E-state index in [0.29, 0.717) is 16.2 Å². The standard InChI is InChI=1S/C27H16F16O2/c28-20(29,11-44)22(32,33)24(36,37)26(40,41)27(42,43)25(38,39)23(34,35)21(30,31)12-45-10-16-7-6-15-5-4-13-2-1-3-14-8-9-17(16)19(15)18(13)14/h1-9,44H,10-12H2. The maximum atomic E-state index is 14.3. The fraction of sp³-hybridized carbons (Fsp3) is 0.407. The molecular formula is C27H16F16O2. The maximum Gasteiger partial charge on any atom is 0.385 e. The Hall–Kier alpha value is -3.28. The van der Waals surface area contributed by atoms with Gasteiger partial charge in [0.15, 0.2) is 0 Å². The zero-order valence-corrected chi connectivity index (χ0v) is 21.7. The lowest BCUT2D eigenvalue weighted by Gasteiger charge is -2.43. The molecule has 0 saturated carbocycles. The first kappa shape index (κ1) is 34.6. The number of hydrogen-bond donors (Lipinski definition) is 1. The molecule has 0 radical (unpaired) electrons. The molecule has 0 aliphatic carbocycles. The Kier molecular flexibility index (Phi) is 7.97. The van der Waals surface area contributed by atoms with E-state index in [1.54, 1.807) is 36.4 Å². The van der Waals surface area contributed by atoms with Gasteiger partial charge in [-0.05, 0) is 37.9 Å². The molecule has 4 aromatic carbocycles. The van der Waals surface area contributed by atoms with Crippen molar-refractivity contribution in [2.75, 3.05) is 13.2 Å². The quantitative estimate of drug-likeness (QED) is 0.120. The van der Waals surface area contributed by atoms with Crippen LogP contribution in [0, 0.1) is 0 Å². The largest absolute Gasteiger partial charge is 0.390 e. The van der Waals surface area contributed by atoms with Crippen LogP contribution in [0.4, 0.5) is 70.2 Å². The van der Waals surface area contributed by atoms with Gasteiger partial charge in [0.2, 0.25) is 0 Å². The molecule has 4 rings (SSSR count). The van der Waals surface area contributed by atoms with E-state index in [1.165, 1.54) is 18.2 Å². The van der Waals surface area contributed by atoms with Gasteiger partial charge in [0.1, 0.15) is 13.2 Å². The molecule has 0 bridgehead atoms. The number of hydrogen-bond acceptors (Lipinski definition) is 2. The van der Waals surface area contributed by atoms with E-state index in [-0.39, 0.29) is 10.9 Å².